The van der Waals surface area contributed by atoms with Crippen molar-refractivity contribution in [3.8, 4) is 0 Å². The van der Waals surface area contributed by atoms with Crippen molar-refractivity contribution in [2.24, 2.45) is 46.8 Å². The summed E-state index contributed by atoms with van der Waals surface area (Å²) in [6.45, 7) is 18.2. The van der Waals surface area contributed by atoms with Crippen LogP contribution in [0.2, 0.25) is 0 Å². The molecule has 1 N–H and O–H groups in total. The van der Waals surface area contributed by atoms with Gasteiger partial charge in [-0.3, -0.25) is 10.4 Å². The van der Waals surface area contributed by atoms with E-state index in [1.165, 1.54) is 11.1 Å². The van der Waals surface area contributed by atoms with Gasteiger partial charge in [0.25, 0.3) is 0 Å². The third-order valence-electron chi connectivity index (χ3n) is 12.0. The number of nitrogens with one attached hydrogen (secondary N) is 1. The van der Waals surface area contributed by atoms with Gasteiger partial charge in [0.2, 0.25) is 0 Å². The molecule has 462 valence electrons. The van der Waals surface area contributed by atoms with E-state index in [4.69, 9.17) is 10.2 Å². The van der Waals surface area contributed by atoms with Crippen LogP contribution < -0.4 is 15.5 Å². The molecule has 29 heteroatoms. The number of aryl methyl sites for hydroxylation is 3. The first kappa shape index (κ1) is 123. The van der Waals surface area contributed by atoms with Crippen molar-refractivity contribution in [3.05, 3.63) is 148 Å². The summed E-state index contributed by atoms with van der Waals surface area (Å²) in [5.74, 6) is -1.41. The van der Waals surface area contributed by atoms with Gasteiger partial charge in [0, 0.05) is 291 Å². The first-order valence-corrected chi connectivity index (χ1v) is 23.2. The molecule has 3 aliphatic heterocycles. The van der Waals surface area contributed by atoms with Crippen molar-refractivity contribution < 1.29 is 295 Å². The summed E-state index contributed by atoms with van der Waals surface area (Å²) in [7, 11) is 3.59. The molecular weight excluding hydrogens is 1680 g/mol. The van der Waals surface area contributed by atoms with E-state index >= 15 is 0 Å². The average molecular weight is 1770 g/mol. The molecule has 6 heterocycles. The number of hydrogen-bond acceptors (Lipinski definition) is 13. The van der Waals surface area contributed by atoms with E-state index in [1.807, 2.05) is 60.6 Å². The molecule has 8 radical (unpaired) electrons. The molecule has 8 atom stereocenters. The molecule has 8 unspecified atom stereocenters. The second-order valence-electron chi connectivity index (χ2n) is 16.3. The predicted molar refractivity (Wildman–Crippen MR) is 305 cm³/mol. The first-order chi connectivity index (χ1) is 32.5. The molecule has 0 spiro atoms. The third kappa shape index (κ3) is 41.7. The van der Waals surface area contributed by atoms with Crippen LogP contribution in [0.25, 0.3) is 21.4 Å². The Labute approximate surface area is 709 Å². The zero-order valence-corrected chi connectivity index (χ0v) is 76.1. The van der Waals surface area contributed by atoms with Crippen molar-refractivity contribution in [1.29, 1.82) is 0 Å². The molecule has 21 nitrogen and oxygen atoms in total. The van der Waals surface area contributed by atoms with E-state index in [-0.39, 0.29) is 403 Å². The van der Waals surface area contributed by atoms with Gasteiger partial charge in [0.15, 0.2) is 0 Å². The Morgan fingerprint density at radius 1 is 0.714 bits per heavy atom. The van der Waals surface area contributed by atoms with Crippen molar-refractivity contribution in [1.82, 2.24) is 51.1 Å². The van der Waals surface area contributed by atoms with E-state index in [0.717, 1.165) is 68.4 Å². The van der Waals surface area contributed by atoms with Gasteiger partial charge in [-0.2, -0.15) is 18.6 Å². The quantitative estimate of drug-likeness (QED) is 0.0686. The molecule has 1 saturated carbocycles. The van der Waals surface area contributed by atoms with Crippen LogP contribution in [0.4, 0.5) is 0 Å². The molecule has 3 aliphatic carbocycles. The fourth-order valence-electron chi connectivity index (χ4n) is 7.89. The number of carbonyl (C=O) groups is 6. The number of nitrogens with zero attached hydrogens (tertiary/aromatic N) is 13. The summed E-state index contributed by atoms with van der Waals surface area (Å²) in [5, 5.41) is 49.4. The molecule has 2 bridgehead atoms. The maximum atomic E-state index is 11.6. The van der Waals surface area contributed by atoms with Crippen LogP contribution in [0.15, 0.2) is 42.9 Å². The van der Waals surface area contributed by atoms with Gasteiger partial charge >= 0.3 is 0 Å². The normalized spacial score (nSPS) is 20.0. The smallest absolute Gasteiger partial charge is 0.0612 e. The van der Waals surface area contributed by atoms with Crippen molar-refractivity contribution in [2.75, 3.05) is 6.54 Å². The second kappa shape index (κ2) is 69.5. The zero-order valence-electron chi connectivity index (χ0n) is 53.4. The Balaban J connectivity index is -0.0000000496. The second-order valence-corrected chi connectivity index (χ2v) is 16.3. The van der Waals surface area contributed by atoms with Crippen LogP contribution in [0.3, 0.4) is 0 Å². The van der Waals surface area contributed by atoms with Gasteiger partial charge in [-0.1, -0.05) is 129 Å². The van der Waals surface area contributed by atoms with Gasteiger partial charge in [-0.25, -0.2) is 5.71 Å². The number of amides is 7. The minimum absolute atomic E-state index is 0. The van der Waals surface area contributed by atoms with Crippen LogP contribution in [0.1, 0.15) is 124 Å². The van der Waals surface area contributed by atoms with E-state index in [2.05, 4.69) is 88.5 Å². The third-order valence-corrected chi connectivity index (χ3v) is 12.0. The Hall–Kier alpha value is 2.16. The SMILES string of the molecule is CCC(C)=[N-].CCC12C=CC(C1)C1C(=O)[N-]C(=O)C12.CCC1C=CCC2C(=O)[N-]C(=O)C12.CCC1CC(=O)[N-]C1=O.CCN[C-]=O.CCc1c[n-]nn1.CCc1cnn[n-]1.[CH2-]n1nncc1CC.[CH3-].[CH3-].[CH3-].[CH3-].[CH3-].[CH3-].[CH3-].[CH3-].[Y].[Y].[Y].[Y].[Y].[Y].[Y].[Y]. The van der Waals surface area contributed by atoms with E-state index in [1.54, 1.807) is 25.5 Å². The van der Waals surface area contributed by atoms with Crippen LogP contribution >= 0.6 is 0 Å². The first-order valence-electron chi connectivity index (χ1n) is 23.2. The molecular formula is C55H90N14O7Y8-16. The monoisotopic (exact) mass is 1770 g/mol. The number of carbonyl (C=O) groups excluding carboxylic acids is 7. The summed E-state index contributed by atoms with van der Waals surface area (Å²) in [5.41, 5.74) is 3.44. The largest absolute Gasteiger partial charge is 0.811 e. The van der Waals surface area contributed by atoms with Crippen LogP contribution in [-0.4, -0.2) is 89.7 Å². The van der Waals surface area contributed by atoms with Crippen molar-refractivity contribution in [3.63, 3.8) is 0 Å². The van der Waals surface area contributed by atoms with Crippen LogP contribution in [0, 0.1) is 113 Å². The number of rotatable bonds is 9. The van der Waals surface area contributed by atoms with Gasteiger partial charge in [-0.05, 0) is 81.4 Å². The Morgan fingerprint density at radius 3 is 1.60 bits per heavy atom. The molecule has 3 aromatic heterocycles. The minimum Gasteiger partial charge on any atom is -0.811 e. The molecule has 9 rings (SSSR count). The number of aromatic nitrogens is 9. The van der Waals surface area contributed by atoms with E-state index < -0.39 is 0 Å². The van der Waals surface area contributed by atoms with E-state index in [0.29, 0.717) is 25.1 Å². The van der Waals surface area contributed by atoms with Crippen LogP contribution in [0.5, 0.6) is 0 Å². The maximum absolute atomic E-state index is 11.6. The van der Waals surface area contributed by atoms with Gasteiger partial charge < -0.3 is 145 Å². The molecule has 84 heavy (non-hydrogen) atoms. The van der Waals surface area contributed by atoms with Crippen LogP contribution in [-0.2, 0) is 314 Å². The van der Waals surface area contributed by atoms with E-state index in [9.17, 15) is 28.8 Å². The molecule has 3 saturated heterocycles. The Kier molecular flexibility index (Phi) is 102. The number of fused-ring (bicyclic) bond motifs is 6. The van der Waals surface area contributed by atoms with Crippen molar-refractivity contribution >= 4 is 47.6 Å². The molecule has 6 aliphatic rings. The maximum Gasteiger partial charge on any atom is 0.0612 e. The summed E-state index contributed by atoms with van der Waals surface area (Å²) < 4.78 is 1.53. The fourth-order valence-corrected chi connectivity index (χ4v) is 7.89. The summed E-state index contributed by atoms with van der Waals surface area (Å²) in [6.07, 6.45) is 23.0. The van der Waals surface area contributed by atoms with Crippen molar-refractivity contribution in [2.45, 2.75) is 127 Å². The number of imide groups is 3. The van der Waals surface area contributed by atoms with Gasteiger partial charge in [-0.15, -0.1) is 5.21 Å². The average Bonchev–Trinajstić information content (AvgIpc) is 4.22. The summed E-state index contributed by atoms with van der Waals surface area (Å²) >= 11 is 0. The number of hydrogen-bond donors (Lipinski definition) is 1. The molecule has 7 amide bonds. The van der Waals surface area contributed by atoms with Gasteiger partial charge in [0.05, 0.1) is 35.4 Å². The molecule has 0 aromatic carbocycles. The standard InChI is InChI=1S/C11H13NO2.C10H13NO2.C6H9NO2.C5H8N3.2C4H6N3.C4H8N.C3H6NO.8CH3.8Y/c1-2-11-4-3-6(5-11)7-8(11)10(14)12-9(7)13;1-2-6-4-3-5-7-8(6)10(13)11-9(7)12;1-2-4-3-5(8)7-6(4)9;1-3-5-4-6-7-8(5)2;2*1-2-4-3-5-7-6-4;1-3-4(2)5;1-2-4-3-5;;;;;;;;;;;;;;;;/h3-4,6-8H,2,5H2,1H3,(H,12,13,14);3-4,6-8H,2,5H2,1H3,(H,11,12,13);4H,2-3H2,1H3,(H,7,8,9);4H,2-3H2,1H3;2*3H,2H2,1H3;3H2,1-2H3;2H2,1H3,(H,4,5);8*1H3;;;;;;;;/q;;;13*-1;;;;;;;;/p-3. The number of allylic oxidation sites excluding steroid dienone is 4. The Morgan fingerprint density at radius 2 is 1.27 bits per heavy atom. The molecule has 3 aromatic rings. The topological polar surface area (TPSA) is 307 Å². The minimum atomic E-state index is -0.258. The fraction of sp³-hybridized carbons (Fsp3) is 0.509. The van der Waals surface area contributed by atoms with Gasteiger partial charge in [0.1, 0.15) is 0 Å². The molecule has 4 fully saturated rings. The Bertz CT molecular complexity index is 2120. The predicted octanol–water partition coefficient (Wildman–Crippen LogP) is 9.28. The zero-order chi connectivity index (χ0) is 50.8. The summed E-state index contributed by atoms with van der Waals surface area (Å²) in [4.78, 5) is 75.9. The summed E-state index contributed by atoms with van der Waals surface area (Å²) in [6, 6.07) is 0.